The minimum absolute atomic E-state index is 0.0207. The van der Waals surface area contributed by atoms with Gasteiger partial charge in [-0.05, 0) is 24.6 Å². The van der Waals surface area contributed by atoms with Gasteiger partial charge in [0.05, 0.1) is 12.6 Å². The first-order valence-corrected chi connectivity index (χ1v) is 4.25. The lowest BCUT2D eigenvalue weighted by Crippen LogP contribution is -2.07. The Morgan fingerprint density at radius 2 is 2.23 bits per heavy atom. The second-order valence-electron chi connectivity index (χ2n) is 3.53. The predicted molar refractivity (Wildman–Crippen MR) is 48.3 cm³/mol. The van der Waals surface area contributed by atoms with Crippen LogP contribution >= 0.6 is 0 Å². The molecular weight excluding hydrogens is 169 g/mol. The summed E-state index contributed by atoms with van der Waals surface area (Å²) >= 11 is 0. The maximum Gasteiger partial charge on any atom is 0.165 e. The van der Waals surface area contributed by atoms with E-state index in [0.717, 1.165) is 12.1 Å². The van der Waals surface area contributed by atoms with Crippen LogP contribution in [0.5, 0.6) is 5.75 Å². The summed E-state index contributed by atoms with van der Waals surface area (Å²) < 4.78 is 18.1. The van der Waals surface area contributed by atoms with E-state index in [9.17, 15) is 4.39 Å². The first-order chi connectivity index (χ1) is 6.15. The molecule has 2 nitrogen and oxygen atoms in total. The number of hydrogen-bond donors (Lipinski definition) is 1. The molecule has 0 aliphatic carbocycles. The Balaban J connectivity index is 2.36. The molecule has 0 bridgehead atoms. The summed E-state index contributed by atoms with van der Waals surface area (Å²) in [7, 11) is 1.47. The molecule has 1 unspecified atom stereocenters. The van der Waals surface area contributed by atoms with Crippen molar-refractivity contribution < 1.29 is 9.13 Å². The van der Waals surface area contributed by atoms with Crippen molar-refractivity contribution in [3.63, 3.8) is 0 Å². The largest absolute Gasteiger partial charge is 0.494 e. The molecule has 0 radical (unpaired) electrons. The van der Waals surface area contributed by atoms with Crippen LogP contribution < -0.4 is 10.1 Å². The summed E-state index contributed by atoms with van der Waals surface area (Å²) in [6.45, 7) is 2.97. The van der Waals surface area contributed by atoms with E-state index < -0.39 is 0 Å². The Morgan fingerprint density at radius 1 is 1.54 bits per heavy atom. The fraction of sp³-hybridized carbons (Fsp3) is 0.400. The van der Waals surface area contributed by atoms with Crippen molar-refractivity contribution in [1.29, 1.82) is 0 Å². The highest BCUT2D eigenvalue weighted by atomic mass is 19.1. The van der Waals surface area contributed by atoms with Crippen LogP contribution in [0.15, 0.2) is 18.2 Å². The van der Waals surface area contributed by atoms with Crippen LogP contribution in [0.4, 0.5) is 4.39 Å². The Labute approximate surface area is 76.7 Å². The normalized spacial score (nSPS) is 25.8. The summed E-state index contributed by atoms with van der Waals surface area (Å²) in [6, 6.07) is 5.08. The molecule has 1 heterocycles. The number of hydrogen-bond acceptors (Lipinski definition) is 2. The van der Waals surface area contributed by atoms with E-state index >= 15 is 0 Å². The zero-order chi connectivity index (χ0) is 9.47. The minimum Gasteiger partial charge on any atom is -0.494 e. The molecular formula is C10H12FNO. The topological polar surface area (TPSA) is 31.2 Å². The van der Waals surface area contributed by atoms with Crippen molar-refractivity contribution in [3.8, 4) is 5.75 Å². The molecule has 1 atom stereocenters. The molecule has 3 heteroatoms. The van der Waals surface area contributed by atoms with Gasteiger partial charge in [0, 0.05) is 6.54 Å². The van der Waals surface area contributed by atoms with Crippen LogP contribution in [0.25, 0.3) is 0 Å². The van der Waals surface area contributed by atoms with Crippen molar-refractivity contribution >= 4 is 0 Å². The highest BCUT2D eigenvalue weighted by molar-refractivity contribution is 5.36. The third kappa shape index (κ3) is 1.40. The van der Waals surface area contributed by atoms with Crippen molar-refractivity contribution in [3.05, 3.63) is 29.6 Å². The fourth-order valence-corrected chi connectivity index (χ4v) is 1.35. The zero-order valence-electron chi connectivity index (χ0n) is 7.73. The predicted octanol–water partition coefficient (Wildman–Crippen LogP) is 1.65. The summed E-state index contributed by atoms with van der Waals surface area (Å²) in [6.07, 6.45) is 0. The summed E-state index contributed by atoms with van der Waals surface area (Å²) in [5.74, 6) is 0.00271. The first-order valence-electron chi connectivity index (χ1n) is 4.25. The minimum atomic E-state index is -0.296. The third-order valence-corrected chi connectivity index (χ3v) is 2.50. The van der Waals surface area contributed by atoms with Gasteiger partial charge in [0.2, 0.25) is 0 Å². The van der Waals surface area contributed by atoms with Gasteiger partial charge < -0.3 is 10.1 Å². The van der Waals surface area contributed by atoms with E-state index in [-0.39, 0.29) is 11.4 Å². The molecule has 1 aliphatic heterocycles. The number of rotatable bonds is 2. The Bertz CT molecular complexity index is 334. The van der Waals surface area contributed by atoms with Gasteiger partial charge in [-0.2, -0.15) is 0 Å². The highest BCUT2D eigenvalue weighted by Crippen LogP contribution is 2.32. The van der Waals surface area contributed by atoms with Gasteiger partial charge in [-0.15, -0.1) is 0 Å². The highest BCUT2D eigenvalue weighted by Gasteiger charge is 2.38. The molecule has 1 saturated heterocycles. The van der Waals surface area contributed by atoms with Crippen LogP contribution in [0.1, 0.15) is 12.5 Å². The van der Waals surface area contributed by atoms with Crippen LogP contribution in [-0.2, 0) is 5.54 Å². The average molecular weight is 181 g/mol. The monoisotopic (exact) mass is 181 g/mol. The van der Waals surface area contributed by atoms with E-state index in [0.29, 0.717) is 5.75 Å². The molecule has 0 spiro atoms. The number of benzene rings is 1. The summed E-state index contributed by atoms with van der Waals surface area (Å²) in [5, 5.41) is 3.18. The van der Waals surface area contributed by atoms with Gasteiger partial charge in [-0.25, -0.2) is 4.39 Å². The van der Waals surface area contributed by atoms with Crippen molar-refractivity contribution in [2.24, 2.45) is 0 Å². The summed E-state index contributed by atoms with van der Waals surface area (Å²) in [5.41, 5.74) is 0.957. The quantitative estimate of drug-likeness (QED) is 0.703. The van der Waals surface area contributed by atoms with Gasteiger partial charge in [-0.3, -0.25) is 0 Å². The molecule has 13 heavy (non-hydrogen) atoms. The Morgan fingerprint density at radius 3 is 2.69 bits per heavy atom. The van der Waals surface area contributed by atoms with Gasteiger partial charge >= 0.3 is 0 Å². The molecule has 1 aromatic carbocycles. The fourth-order valence-electron chi connectivity index (χ4n) is 1.35. The van der Waals surface area contributed by atoms with Crippen LogP contribution in [-0.4, -0.2) is 13.7 Å². The number of methoxy groups -OCH3 is 1. The van der Waals surface area contributed by atoms with Gasteiger partial charge in [0.25, 0.3) is 0 Å². The lowest BCUT2D eigenvalue weighted by atomic mass is 10.0. The lowest BCUT2D eigenvalue weighted by molar-refractivity contribution is 0.386. The third-order valence-electron chi connectivity index (χ3n) is 2.50. The molecule has 1 aliphatic rings. The second kappa shape index (κ2) is 2.70. The van der Waals surface area contributed by atoms with Gasteiger partial charge in [0.15, 0.2) is 11.6 Å². The van der Waals surface area contributed by atoms with E-state index in [4.69, 9.17) is 4.74 Å². The molecule has 2 rings (SSSR count). The van der Waals surface area contributed by atoms with Crippen molar-refractivity contribution in [2.45, 2.75) is 12.5 Å². The Kier molecular flexibility index (Phi) is 1.77. The maximum absolute atomic E-state index is 13.3. The smallest absolute Gasteiger partial charge is 0.165 e. The lowest BCUT2D eigenvalue weighted by Gasteiger charge is -2.08. The van der Waals surface area contributed by atoms with Crippen LogP contribution in [0, 0.1) is 5.82 Å². The molecule has 70 valence electrons. The molecule has 1 aromatic rings. The summed E-state index contributed by atoms with van der Waals surface area (Å²) in [4.78, 5) is 0. The van der Waals surface area contributed by atoms with Crippen molar-refractivity contribution in [2.75, 3.05) is 13.7 Å². The molecule has 1 N–H and O–H groups in total. The number of ether oxygens (including phenoxy) is 1. The van der Waals surface area contributed by atoms with Crippen molar-refractivity contribution in [1.82, 2.24) is 5.32 Å². The SMILES string of the molecule is COc1ccc(C2(C)CN2)cc1F. The standard InChI is InChI=1S/C10H12FNO/c1-10(6-12-10)7-3-4-9(13-2)8(11)5-7/h3-5,12H,6H2,1-2H3. The van der Waals surface area contributed by atoms with Gasteiger partial charge in [0.1, 0.15) is 0 Å². The maximum atomic E-state index is 13.3. The number of halogens is 1. The molecule has 0 amide bonds. The number of nitrogens with one attached hydrogen (secondary N) is 1. The average Bonchev–Trinajstić information content (AvgIpc) is 2.85. The second-order valence-corrected chi connectivity index (χ2v) is 3.53. The molecule has 0 saturated carbocycles. The van der Waals surface area contributed by atoms with E-state index in [1.54, 1.807) is 6.07 Å². The first kappa shape index (κ1) is 8.51. The van der Waals surface area contributed by atoms with E-state index in [1.165, 1.54) is 13.2 Å². The molecule has 0 aromatic heterocycles. The van der Waals surface area contributed by atoms with Crippen LogP contribution in [0.2, 0.25) is 0 Å². The van der Waals surface area contributed by atoms with E-state index in [2.05, 4.69) is 5.32 Å². The molecule has 1 fully saturated rings. The van der Waals surface area contributed by atoms with E-state index in [1.807, 2.05) is 13.0 Å². The zero-order valence-corrected chi connectivity index (χ0v) is 7.73. The van der Waals surface area contributed by atoms with Crippen LogP contribution in [0.3, 0.4) is 0 Å². The van der Waals surface area contributed by atoms with Gasteiger partial charge in [-0.1, -0.05) is 6.07 Å². The Hall–Kier alpha value is -1.09.